The van der Waals surface area contributed by atoms with E-state index >= 15 is 0 Å². The molecule has 0 spiro atoms. The van der Waals surface area contributed by atoms with E-state index in [9.17, 15) is 4.39 Å². The van der Waals surface area contributed by atoms with E-state index in [4.69, 9.17) is 4.74 Å². The summed E-state index contributed by atoms with van der Waals surface area (Å²) in [7, 11) is 1.63. The zero-order valence-electron chi connectivity index (χ0n) is 10.7. The summed E-state index contributed by atoms with van der Waals surface area (Å²) in [6, 6.07) is 10.8. The number of aromatic nitrogens is 2. The van der Waals surface area contributed by atoms with Crippen molar-refractivity contribution in [3.05, 3.63) is 54.1 Å². The minimum atomic E-state index is -0.269. The predicted molar refractivity (Wildman–Crippen MR) is 71.9 cm³/mol. The van der Waals surface area contributed by atoms with Crippen LogP contribution in [0.25, 0.3) is 16.9 Å². The molecule has 2 heterocycles. The number of hydrogen-bond acceptors (Lipinski definition) is 2. The van der Waals surface area contributed by atoms with Crippen LogP contribution >= 0.6 is 0 Å². The fraction of sp³-hybridized carbons (Fsp3) is 0.133. The summed E-state index contributed by atoms with van der Waals surface area (Å²) in [6.07, 6.45) is 1.45. The quantitative estimate of drug-likeness (QED) is 0.702. The van der Waals surface area contributed by atoms with Gasteiger partial charge in [-0.15, -0.1) is 0 Å². The second-order valence-corrected chi connectivity index (χ2v) is 4.35. The predicted octanol–water partition coefficient (Wildman–Crippen LogP) is 3.46. The normalized spacial score (nSPS) is 10.9. The molecule has 0 saturated heterocycles. The Balaban J connectivity index is 2.16. The van der Waals surface area contributed by atoms with Gasteiger partial charge in [0, 0.05) is 17.5 Å². The summed E-state index contributed by atoms with van der Waals surface area (Å²) in [5, 5.41) is 0. The van der Waals surface area contributed by atoms with Gasteiger partial charge in [0.15, 0.2) is 0 Å². The van der Waals surface area contributed by atoms with Crippen molar-refractivity contribution in [3.63, 3.8) is 0 Å². The Morgan fingerprint density at radius 2 is 1.84 bits per heavy atom. The first-order valence-electron chi connectivity index (χ1n) is 5.97. The van der Waals surface area contributed by atoms with Crippen molar-refractivity contribution in [1.29, 1.82) is 0 Å². The first-order valence-corrected chi connectivity index (χ1v) is 5.97. The van der Waals surface area contributed by atoms with Crippen LogP contribution in [0, 0.1) is 12.7 Å². The highest BCUT2D eigenvalue weighted by Crippen LogP contribution is 2.25. The van der Waals surface area contributed by atoms with Crippen LogP contribution < -0.4 is 4.74 Å². The second kappa shape index (κ2) is 4.39. The van der Waals surface area contributed by atoms with Gasteiger partial charge in [-0.3, -0.25) is 0 Å². The van der Waals surface area contributed by atoms with Crippen LogP contribution in [0.5, 0.6) is 5.75 Å². The van der Waals surface area contributed by atoms with Crippen molar-refractivity contribution in [2.45, 2.75) is 6.92 Å². The molecule has 19 heavy (non-hydrogen) atoms. The first-order chi connectivity index (χ1) is 9.19. The third kappa shape index (κ3) is 1.95. The molecule has 0 aliphatic carbocycles. The molecular formula is C15H13FN2O. The molecule has 0 amide bonds. The number of rotatable bonds is 2. The van der Waals surface area contributed by atoms with Crippen molar-refractivity contribution in [1.82, 2.24) is 9.38 Å². The molecule has 0 aliphatic rings. The molecule has 0 saturated carbocycles. The van der Waals surface area contributed by atoms with Gasteiger partial charge in [-0.05, 0) is 43.3 Å². The smallest absolute Gasteiger partial charge is 0.139 e. The Hall–Kier alpha value is -2.36. The average Bonchev–Trinajstić information content (AvgIpc) is 2.76. The Morgan fingerprint density at radius 1 is 1.11 bits per heavy atom. The maximum atomic E-state index is 13.3. The monoisotopic (exact) mass is 256 g/mol. The van der Waals surface area contributed by atoms with E-state index < -0.39 is 0 Å². The summed E-state index contributed by atoms with van der Waals surface area (Å²) in [5.74, 6) is 0.533. The average molecular weight is 256 g/mol. The number of ether oxygens (including phenoxy) is 1. The SMILES string of the molecule is COc1ccc(-c2nc3ccc(F)cn3c2C)cc1. The maximum absolute atomic E-state index is 13.3. The molecule has 0 atom stereocenters. The van der Waals surface area contributed by atoms with Gasteiger partial charge in [-0.2, -0.15) is 0 Å². The van der Waals surface area contributed by atoms with Gasteiger partial charge in [0.2, 0.25) is 0 Å². The van der Waals surface area contributed by atoms with Crippen LogP contribution in [0.3, 0.4) is 0 Å². The molecule has 2 aromatic heterocycles. The Kier molecular flexibility index (Phi) is 2.71. The molecule has 96 valence electrons. The molecule has 0 radical (unpaired) electrons. The topological polar surface area (TPSA) is 26.5 Å². The van der Waals surface area contributed by atoms with Gasteiger partial charge >= 0.3 is 0 Å². The molecule has 3 rings (SSSR count). The van der Waals surface area contributed by atoms with Crippen LogP contribution in [0.4, 0.5) is 4.39 Å². The summed E-state index contributed by atoms with van der Waals surface area (Å²) in [5.41, 5.74) is 3.50. The number of methoxy groups -OCH3 is 1. The van der Waals surface area contributed by atoms with E-state index in [-0.39, 0.29) is 5.82 Å². The molecule has 3 aromatic rings. The van der Waals surface area contributed by atoms with Gasteiger partial charge in [0.25, 0.3) is 0 Å². The Bertz CT molecular complexity index is 732. The number of pyridine rings is 1. The standard InChI is InChI=1S/C15H13FN2O/c1-10-15(11-3-6-13(19-2)7-4-11)17-14-8-5-12(16)9-18(10)14/h3-9H,1-2H3. The van der Waals surface area contributed by atoms with Gasteiger partial charge in [-0.1, -0.05) is 0 Å². The molecule has 0 bridgehead atoms. The zero-order valence-corrected chi connectivity index (χ0v) is 10.7. The van der Waals surface area contributed by atoms with E-state index in [0.29, 0.717) is 0 Å². The largest absolute Gasteiger partial charge is 0.497 e. The summed E-state index contributed by atoms with van der Waals surface area (Å²) in [4.78, 5) is 4.53. The number of imidazole rings is 1. The molecule has 3 nitrogen and oxygen atoms in total. The zero-order chi connectivity index (χ0) is 13.4. The van der Waals surface area contributed by atoms with Gasteiger partial charge in [0.05, 0.1) is 12.8 Å². The lowest BCUT2D eigenvalue weighted by molar-refractivity contribution is 0.415. The lowest BCUT2D eigenvalue weighted by atomic mass is 10.1. The molecule has 0 unspecified atom stereocenters. The lowest BCUT2D eigenvalue weighted by Gasteiger charge is -2.02. The number of fused-ring (bicyclic) bond motifs is 1. The van der Waals surface area contributed by atoms with Crippen molar-refractivity contribution >= 4 is 5.65 Å². The molecule has 4 heteroatoms. The highest BCUT2D eigenvalue weighted by Gasteiger charge is 2.10. The Labute approximate surface area is 110 Å². The van der Waals surface area contributed by atoms with E-state index in [2.05, 4.69) is 4.98 Å². The van der Waals surface area contributed by atoms with E-state index in [0.717, 1.165) is 28.3 Å². The molecule has 0 aliphatic heterocycles. The third-order valence-electron chi connectivity index (χ3n) is 3.18. The molecule has 0 N–H and O–H groups in total. The second-order valence-electron chi connectivity index (χ2n) is 4.35. The minimum Gasteiger partial charge on any atom is -0.497 e. The summed E-state index contributed by atoms with van der Waals surface area (Å²) in [6.45, 7) is 1.93. The van der Waals surface area contributed by atoms with Crippen LogP contribution in [-0.2, 0) is 0 Å². The molecule has 0 fully saturated rings. The number of hydrogen-bond donors (Lipinski definition) is 0. The van der Waals surface area contributed by atoms with E-state index in [1.807, 2.05) is 31.2 Å². The van der Waals surface area contributed by atoms with E-state index in [1.54, 1.807) is 17.6 Å². The van der Waals surface area contributed by atoms with Gasteiger partial charge in [0.1, 0.15) is 17.2 Å². The van der Waals surface area contributed by atoms with Crippen molar-refractivity contribution < 1.29 is 9.13 Å². The lowest BCUT2D eigenvalue weighted by Crippen LogP contribution is -1.89. The van der Waals surface area contributed by atoms with Crippen LogP contribution in [0.1, 0.15) is 5.69 Å². The molecule has 1 aromatic carbocycles. The fourth-order valence-corrected chi connectivity index (χ4v) is 2.16. The maximum Gasteiger partial charge on any atom is 0.139 e. The van der Waals surface area contributed by atoms with Crippen LogP contribution in [-0.4, -0.2) is 16.5 Å². The number of nitrogens with zero attached hydrogens (tertiary/aromatic N) is 2. The summed E-state index contributed by atoms with van der Waals surface area (Å²) < 4.78 is 20.2. The fourth-order valence-electron chi connectivity index (χ4n) is 2.16. The van der Waals surface area contributed by atoms with Gasteiger partial charge in [-0.25, -0.2) is 9.37 Å². The first kappa shape index (κ1) is 11.7. The number of aryl methyl sites for hydroxylation is 1. The third-order valence-corrected chi connectivity index (χ3v) is 3.18. The minimum absolute atomic E-state index is 0.269. The highest BCUT2D eigenvalue weighted by molar-refractivity contribution is 5.66. The van der Waals surface area contributed by atoms with E-state index in [1.165, 1.54) is 12.3 Å². The highest BCUT2D eigenvalue weighted by atomic mass is 19.1. The van der Waals surface area contributed by atoms with Crippen LogP contribution in [0.15, 0.2) is 42.6 Å². The van der Waals surface area contributed by atoms with Crippen LogP contribution in [0.2, 0.25) is 0 Å². The number of halogens is 1. The van der Waals surface area contributed by atoms with Crippen molar-refractivity contribution in [2.75, 3.05) is 7.11 Å². The number of benzene rings is 1. The van der Waals surface area contributed by atoms with Crippen molar-refractivity contribution in [2.24, 2.45) is 0 Å². The summed E-state index contributed by atoms with van der Waals surface area (Å²) >= 11 is 0. The molecular weight excluding hydrogens is 243 g/mol. The van der Waals surface area contributed by atoms with Gasteiger partial charge < -0.3 is 9.14 Å². The van der Waals surface area contributed by atoms with Crippen molar-refractivity contribution in [3.8, 4) is 17.0 Å². The Morgan fingerprint density at radius 3 is 2.53 bits per heavy atom.